The molecule has 26 heavy (non-hydrogen) atoms. The third-order valence-electron chi connectivity index (χ3n) is 4.28. The SMILES string of the molecule is COc1ccc(S(=O)(=O)NCCN(CCN2CCOCC2)C(C)=O)cc1. The van der Waals surface area contributed by atoms with E-state index in [1.54, 1.807) is 17.0 Å². The van der Waals surface area contributed by atoms with Crippen LogP contribution in [0.3, 0.4) is 0 Å². The predicted molar refractivity (Wildman–Crippen MR) is 97.7 cm³/mol. The minimum absolute atomic E-state index is 0.0677. The molecule has 1 fully saturated rings. The summed E-state index contributed by atoms with van der Waals surface area (Å²) in [5.74, 6) is 0.525. The highest BCUT2D eigenvalue weighted by Crippen LogP contribution is 2.15. The first-order valence-corrected chi connectivity index (χ1v) is 10.1. The van der Waals surface area contributed by atoms with E-state index in [2.05, 4.69) is 9.62 Å². The van der Waals surface area contributed by atoms with Crippen LogP contribution >= 0.6 is 0 Å². The lowest BCUT2D eigenvalue weighted by atomic mass is 10.3. The van der Waals surface area contributed by atoms with Gasteiger partial charge in [0.15, 0.2) is 0 Å². The lowest BCUT2D eigenvalue weighted by Gasteiger charge is -2.29. The molecule has 1 aliphatic heterocycles. The Balaban J connectivity index is 1.82. The molecule has 1 N–H and O–H groups in total. The largest absolute Gasteiger partial charge is 0.497 e. The zero-order valence-electron chi connectivity index (χ0n) is 15.3. The van der Waals surface area contributed by atoms with Crippen molar-refractivity contribution in [1.29, 1.82) is 0 Å². The van der Waals surface area contributed by atoms with Gasteiger partial charge in [0.1, 0.15) is 5.75 Å². The molecule has 1 aromatic carbocycles. The number of benzene rings is 1. The quantitative estimate of drug-likeness (QED) is 0.651. The summed E-state index contributed by atoms with van der Waals surface area (Å²) < 4.78 is 37.5. The van der Waals surface area contributed by atoms with Crippen LogP contribution in [-0.4, -0.2) is 83.7 Å². The van der Waals surface area contributed by atoms with Gasteiger partial charge in [0.2, 0.25) is 15.9 Å². The molecule has 0 unspecified atom stereocenters. The average molecular weight is 385 g/mol. The predicted octanol–water partition coefficient (Wildman–Crippen LogP) is 0.154. The molecule has 146 valence electrons. The minimum Gasteiger partial charge on any atom is -0.497 e. The number of sulfonamides is 1. The van der Waals surface area contributed by atoms with Gasteiger partial charge in [-0.15, -0.1) is 0 Å². The number of hydrogen-bond donors (Lipinski definition) is 1. The first-order chi connectivity index (χ1) is 12.4. The molecule has 8 nitrogen and oxygen atoms in total. The maximum atomic E-state index is 12.3. The van der Waals surface area contributed by atoms with Crippen molar-refractivity contribution in [3.8, 4) is 5.75 Å². The standard InChI is InChI=1S/C17H27N3O5S/c1-15(21)20(10-9-19-11-13-25-14-12-19)8-7-18-26(22,23)17-5-3-16(24-2)4-6-17/h3-6,18H,7-14H2,1-2H3. The van der Waals surface area contributed by atoms with Crippen molar-refractivity contribution in [2.75, 3.05) is 59.6 Å². The highest BCUT2D eigenvalue weighted by atomic mass is 32.2. The highest BCUT2D eigenvalue weighted by molar-refractivity contribution is 7.89. The molecule has 0 aliphatic carbocycles. The summed E-state index contributed by atoms with van der Waals surface area (Å²) >= 11 is 0. The molecule has 1 heterocycles. The molecule has 0 radical (unpaired) electrons. The van der Waals surface area contributed by atoms with Gasteiger partial charge >= 0.3 is 0 Å². The van der Waals surface area contributed by atoms with Crippen molar-refractivity contribution in [1.82, 2.24) is 14.5 Å². The van der Waals surface area contributed by atoms with Crippen molar-refractivity contribution in [2.45, 2.75) is 11.8 Å². The monoisotopic (exact) mass is 385 g/mol. The Morgan fingerprint density at radius 1 is 1.23 bits per heavy atom. The van der Waals surface area contributed by atoms with E-state index >= 15 is 0 Å². The molecule has 0 saturated carbocycles. The Kier molecular flexibility index (Phi) is 7.83. The van der Waals surface area contributed by atoms with Crippen LogP contribution in [0.4, 0.5) is 0 Å². The summed E-state index contributed by atoms with van der Waals surface area (Å²) in [6, 6.07) is 6.17. The number of rotatable bonds is 9. The Morgan fingerprint density at radius 3 is 2.46 bits per heavy atom. The fraction of sp³-hybridized carbons (Fsp3) is 0.588. The molecule has 1 amide bonds. The highest BCUT2D eigenvalue weighted by Gasteiger charge is 2.17. The van der Waals surface area contributed by atoms with Crippen molar-refractivity contribution < 1.29 is 22.7 Å². The lowest BCUT2D eigenvalue weighted by molar-refractivity contribution is -0.129. The van der Waals surface area contributed by atoms with Gasteiger partial charge < -0.3 is 14.4 Å². The van der Waals surface area contributed by atoms with Gasteiger partial charge in [-0.25, -0.2) is 13.1 Å². The number of hydrogen-bond acceptors (Lipinski definition) is 6. The van der Waals surface area contributed by atoms with E-state index in [0.29, 0.717) is 32.1 Å². The van der Waals surface area contributed by atoms with E-state index in [1.165, 1.54) is 26.2 Å². The molecule has 2 rings (SSSR count). The molecular weight excluding hydrogens is 358 g/mol. The smallest absolute Gasteiger partial charge is 0.240 e. The number of carbonyl (C=O) groups is 1. The fourth-order valence-corrected chi connectivity index (χ4v) is 3.69. The fourth-order valence-electron chi connectivity index (χ4n) is 2.67. The van der Waals surface area contributed by atoms with Crippen LogP contribution in [-0.2, 0) is 19.6 Å². The van der Waals surface area contributed by atoms with Crippen molar-refractivity contribution in [3.63, 3.8) is 0 Å². The van der Waals surface area contributed by atoms with Gasteiger partial charge in [-0.2, -0.15) is 0 Å². The second-order valence-electron chi connectivity index (χ2n) is 6.03. The first kappa shape index (κ1) is 20.6. The summed E-state index contributed by atoms with van der Waals surface area (Å²) in [5.41, 5.74) is 0. The van der Waals surface area contributed by atoms with E-state index in [9.17, 15) is 13.2 Å². The maximum Gasteiger partial charge on any atom is 0.240 e. The van der Waals surface area contributed by atoms with E-state index in [1.807, 2.05) is 0 Å². The summed E-state index contributed by atoms with van der Waals surface area (Å²) in [6.07, 6.45) is 0. The molecule has 0 bridgehead atoms. The van der Waals surface area contributed by atoms with Crippen molar-refractivity contribution in [3.05, 3.63) is 24.3 Å². The Hall–Kier alpha value is -1.68. The van der Waals surface area contributed by atoms with Gasteiger partial charge in [0, 0.05) is 46.2 Å². The Morgan fingerprint density at radius 2 is 1.88 bits per heavy atom. The minimum atomic E-state index is -3.61. The van der Waals surface area contributed by atoms with Gasteiger partial charge in [-0.3, -0.25) is 9.69 Å². The molecule has 1 aromatic rings. The first-order valence-electron chi connectivity index (χ1n) is 8.62. The van der Waals surface area contributed by atoms with E-state index < -0.39 is 10.0 Å². The average Bonchev–Trinajstić information content (AvgIpc) is 2.65. The normalized spacial score (nSPS) is 15.6. The molecule has 0 aromatic heterocycles. The number of ether oxygens (including phenoxy) is 2. The molecule has 0 atom stereocenters. The number of carbonyl (C=O) groups excluding carboxylic acids is 1. The number of nitrogens with one attached hydrogen (secondary N) is 1. The molecule has 9 heteroatoms. The summed E-state index contributed by atoms with van der Waals surface area (Å²) in [5, 5.41) is 0. The second kappa shape index (κ2) is 9.86. The number of amides is 1. The second-order valence-corrected chi connectivity index (χ2v) is 7.80. The number of nitrogens with zero attached hydrogens (tertiary/aromatic N) is 2. The molecule has 1 saturated heterocycles. The summed E-state index contributed by atoms with van der Waals surface area (Å²) in [4.78, 5) is 15.9. The van der Waals surface area contributed by atoms with Crippen LogP contribution in [0.1, 0.15) is 6.92 Å². The third-order valence-corrected chi connectivity index (χ3v) is 5.76. The summed E-state index contributed by atoms with van der Waals surface area (Å²) in [7, 11) is -2.09. The van der Waals surface area contributed by atoms with Crippen LogP contribution in [0, 0.1) is 0 Å². The summed E-state index contributed by atoms with van der Waals surface area (Å²) in [6.45, 7) is 6.45. The molecular formula is C17H27N3O5S. The Bertz CT molecular complexity index is 672. The lowest BCUT2D eigenvalue weighted by Crippen LogP contribution is -2.44. The van der Waals surface area contributed by atoms with Gasteiger partial charge in [0.05, 0.1) is 25.2 Å². The number of morpholine rings is 1. The van der Waals surface area contributed by atoms with Crippen LogP contribution in [0.5, 0.6) is 5.75 Å². The van der Waals surface area contributed by atoms with Crippen molar-refractivity contribution >= 4 is 15.9 Å². The zero-order chi connectivity index (χ0) is 19.0. The topological polar surface area (TPSA) is 88.2 Å². The van der Waals surface area contributed by atoms with Gasteiger partial charge in [-0.05, 0) is 24.3 Å². The van der Waals surface area contributed by atoms with E-state index in [0.717, 1.165) is 19.6 Å². The Labute approximate surface area is 155 Å². The van der Waals surface area contributed by atoms with Gasteiger partial charge in [0.25, 0.3) is 0 Å². The van der Waals surface area contributed by atoms with Crippen LogP contribution in [0.2, 0.25) is 0 Å². The van der Waals surface area contributed by atoms with Crippen molar-refractivity contribution in [2.24, 2.45) is 0 Å². The van der Waals surface area contributed by atoms with Crippen LogP contribution < -0.4 is 9.46 Å². The zero-order valence-corrected chi connectivity index (χ0v) is 16.1. The number of methoxy groups -OCH3 is 1. The molecule has 1 aliphatic rings. The maximum absolute atomic E-state index is 12.3. The van der Waals surface area contributed by atoms with E-state index in [-0.39, 0.29) is 17.3 Å². The molecule has 0 spiro atoms. The van der Waals surface area contributed by atoms with E-state index in [4.69, 9.17) is 9.47 Å². The third kappa shape index (κ3) is 6.24. The van der Waals surface area contributed by atoms with Crippen LogP contribution in [0.25, 0.3) is 0 Å². The van der Waals surface area contributed by atoms with Gasteiger partial charge in [-0.1, -0.05) is 0 Å². The van der Waals surface area contributed by atoms with Crippen LogP contribution in [0.15, 0.2) is 29.2 Å².